The van der Waals surface area contributed by atoms with Gasteiger partial charge in [-0.05, 0) is 25.1 Å². The van der Waals surface area contributed by atoms with E-state index in [0.29, 0.717) is 5.75 Å². The Morgan fingerprint density at radius 2 is 1.89 bits per heavy atom. The van der Waals surface area contributed by atoms with Crippen LogP contribution in [-0.2, 0) is 4.79 Å². The van der Waals surface area contributed by atoms with Gasteiger partial charge in [0.05, 0.1) is 25.2 Å². The van der Waals surface area contributed by atoms with Crippen LogP contribution in [0.4, 0.5) is 0 Å². The van der Waals surface area contributed by atoms with E-state index in [-0.39, 0.29) is 18.6 Å². The van der Waals surface area contributed by atoms with Crippen molar-refractivity contribution in [3.8, 4) is 11.5 Å². The molecule has 0 fully saturated rings. The van der Waals surface area contributed by atoms with E-state index in [1.165, 1.54) is 0 Å². The molecule has 144 valence electrons. The maximum Gasteiger partial charge on any atom is 0.258 e. The van der Waals surface area contributed by atoms with Crippen LogP contribution in [0.15, 0.2) is 73.8 Å². The minimum atomic E-state index is -0.221. The van der Waals surface area contributed by atoms with Crippen LogP contribution in [0.3, 0.4) is 0 Å². The molecule has 0 aliphatic heterocycles. The molecule has 3 rings (SSSR count). The first kappa shape index (κ1) is 19.2. The first-order valence-electron chi connectivity index (χ1n) is 8.92. The topological polar surface area (TPSA) is 65.4 Å². The van der Waals surface area contributed by atoms with E-state index in [4.69, 9.17) is 9.47 Å². The van der Waals surface area contributed by atoms with Gasteiger partial charge in [-0.2, -0.15) is 0 Å². The van der Waals surface area contributed by atoms with Gasteiger partial charge in [-0.1, -0.05) is 36.9 Å². The van der Waals surface area contributed by atoms with Crippen molar-refractivity contribution >= 4 is 11.6 Å². The molecule has 2 aromatic carbocycles. The predicted octanol–water partition coefficient (Wildman–Crippen LogP) is 3.67. The lowest BCUT2D eigenvalue weighted by Gasteiger charge is -2.18. The molecule has 0 saturated heterocycles. The zero-order valence-corrected chi connectivity index (χ0v) is 16.0. The summed E-state index contributed by atoms with van der Waals surface area (Å²) < 4.78 is 12.9. The SMILES string of the molecule is C=C(c1ccccc1OCC(=O)NC(C)c1ccccc1OC)n1ccnc1. The van der Waals surface area contributed by atoms with E-state index in [0.717, 1.165) is 22.6 Å². The zero-order valence-electron chi connectivity index (χ0n) is 16.0. The van der Waals surface area contributed by atoms with Crippen LogP contribution in [0.2, 0.25) is 0 Å². The number of benzene rings is 2. The maximum absolute atomic E-state index is 12.4. The number of carbonyl (C=O) groups is 1. The lowest BCUT2D eigenvalue weighted by Crippen LogP contribution is -2.31. The second kappa shape index (κ2) is 8.90. The van der Waals surface area contributed by atoms with Crippen molar-refractivity contribution in [2.45, 2.75) is 13.0 Å². The van der Waals surface area contributed by atoms with Crippen LogP contribution in [0.5, 0.6) is 11.5 Å². The molecule has 0 aliphatic rings. The third kappa shape index (κ3) is 4.40. The second-order valence-corrected chi connectivity index (χ2v) is 6.23. The van der Waals surface area contributed by atoms with Crippen molar-refractivity contribution in [1.82, 2.24) is 14.9 Å². The molecule has 6 heteroatoms. The molecule has 3 aromatic rings. The van der Waals surface area contributed by atoms with Gasteiger partial charge in [-0.3, -0.25) is 4.79 Å². The Morgan fingerprint density at radius 1 is 1.18 bits per heavy atom. The summed E-state index contributed by atoms with van der Waals surface area (Å²) in [4.78, 5) is 16.4. The number of para-hydroxylation sites is 2. The first-order chi connectivity index (χ1) is 13.6. The minimum absolute atomic E-state index is 0.103. The standard InChI is InChI=1S/C22H23N3O3/c1-16(18-8-4-6-10-20(18)27-3)24-22(26)14-28-21-11-7-5-9-19(21)17(2)25-13-12-23-15-25/h4-13,15-16H,2,14H2,1,3H3,(H,24,26). The van der Waals surface area contributed by atoms with Crippen LogP contribution in [-0.4, -0.2) is 29.2 Å². The number of nitrogens with one attached hydrogen (secondary N) is 1. The molecule has 0 radical (unpaired) electrons. The van der Waals surface area contributed by atoms with E-state index in [1.54, 1.807) is 30.4 Å². The third-order valence-corrected chi connectivity index (χ3v) is 4.36. The molecule has 0 bridgehead atoms. The molecule has 1 N–H and O–H groups in total. The fourth-order valence-corrected chi connectivity index (χ4v) is 2.92. The molecule has 0 saturated carbocycles. The number of imidazole rings is 1. The van der Waals surface area contributed by atoms with Gasteiger partial charge >= 0.3 is 0 Å². The summed E-state index contributed by atoms with van der Waals surface area (Å²) in [5, 5.41) is 2.94. The summed E-state index contributed by atoms with van der Waals surface area (Å²) in [6, 6.07) is 14.9. The lowest BCUT2D eigenvalue weighted by molar-refractivity contribution is -0.123. The lowest BCUT2D eigenvalue weighted by atomic mass is 10.1. The zero-order chi connectivity index (χ0) is 19.9. The molecule has 1 amide bonds. The van der Waals surface area contributed by atoms with Crippen molar-refractivity contribution < 1.29 is 14.3 Å². The largest absolute Gasteiger partial charge is 0.496 e. The first-order valence-corrected chi connectivity index (χ1v) is 8.92. The Morgan fingerprint density at radius 3 is 2.61 bits per heavy atom. The number of nitrogens with zero attached hydrogens (tertiary/aromatic N) is 2. The van der Waals surface area contributed by atoms with Gasteiger partial charge in [-0.25, -0.2) is 4.98 Å². The Labute approximate surface area is 164 Å². The van der Waals surface area contributed by atoms with Gasteiger partial charge in [0.25, 0.3) is 5.91 Å². The summed E-state index contributed by atoms with van der Waals surface area (Å²) >= 11 is 0. The molecule has 1 heterocycles. The highest BCUT2D eigenvalue weighted by molar-refractivity contribution is 5.78. The number of amides is 1. The van der Waals surface area contributed by atoms with E-state index in [2.05, 4.69) is 16.9 Å². The van der Waals surface area contributed by atoms with E-state index in [9.17, 15) is 4.79 Å². The highest BCUT2D eigenvalue weighted by Crippen LogP contribution is 2.26. The van der Waals surface area contributed by atoms with Crippen molar-refractivity contribution in [2.75, 3.05) is 13.7 Å². The monoisotopic (exact) mass is 377 g/mol. The molecule has 0 spiro atoms. The number of ether oxygens (including phenoxy) is 2. The van der Waals surface area contributed by atoms with Crippen LogP contribution in [0, 0.1) is 0 Å². The molecule has 6 nitrogen and oxygen atoms in total. The predicted molar refractivity (Wildman–Crippen MR) is 108 cm³/mol. The number of hydrogen-bond donors (Lipinski definition) is 1. The van der Waals surface area contributed by atoms with Crippen LogP contribution < -0.4 is 14.8 Å². The fraction of sp³-hybridized carbons (Fsp3) is 0.182. The molecular formula is C22H23N3O3. The number of rotatable bonds is 8. The Balaban J connectivity index is 1.64. The Bertz CT molecular complexity index is 951. The average molecular weight is 377 g/mol. The highest BCUT2D eigenvalue weighted by atomic mass is 16.5. The Hall–Kier alpha value is -3.54. The summed E-state index contributed by atoms with van der Waals surface area (Å²) in [5.41, 5.74) is 2.43. The van der Waals surface area contributed by atoms with Crippen LogP contribution in [0.1, 0.15) is 24.1 Å². The summed E-state index contributed by atoms with van der Waals surface area (Å²) in [5.74, 6) is 1.10. The average Bonchev–Trinajstić information content (AvgIpc) is 3.26. The van der Waals surface area contributed by atoms with E-state index in [1.807, 2.05) is 55.5 Å². The molecule has 1 atom stereocenters. The van der Waals surface area contributed by atoms with Crippen LogP contribution in [0.25, 0.3) is 5.70 Å². The van der Waals surface area contributed by atoms with Crippen LogP contribution >= 0.6 is 0 Å². The maximum atomic E-state index is 12.4. The van der Waals surface area contributed by atoms with Gasteiger partial charge in [0.15, 0.2) is 6.61 Å². The fourth-order valence-electron chi connectivity index (χ4n) is 2.92. The molecule has 1 unspecified atom stereocenters. The van der Waals surface area contributed by atoms with E-state index < -0.39 is 0 Å². The van der Waals surface area contributed by atoms with Gasteiger partial charge in [0.2, 0.25) is 0 Å². The van der Waals surface area contributed by atoms with E-state index >= 15 is 0 Å². The highest BCUT2D eigenvalue weighted by Gasteiger charge is 2.15. The summed E-state index contributed by atoms with van der Waals surface area (Å²) in [7, 11) is 1.61. The summed E-state index contributed by atoms with van der Waals surface area (Å²) in [6.07, 6.45) is 5.16. The van der Waals surface area contributed by atoms with Crippen molar-refractivity contribution in [3.05, 3.63) is 85.0 Å². The van der Waals surface area contributed by atoms with Crippen molar-refractivity contribution in [3.63, 3.8) is 0 Å². The second-order valence-electron chi connectivity index (χ2n) is 6.23. The number of hydrogen-bond acceptors (Lipinski definition) is 4. The van der Waals surface area contributed by atoms with Gasteiger partial charge in [0.1, 0.15) is 11.5 Å². The molecule has 1 aromatic heterocycles. The van der Waals surface area contributed by atoms with Crippen molar-refractivity contribution in [2.24, 2.45) is 0 Å². The Kier molecular flexibility index (Phi) is 6.11. The molecular weight excluding hydrogens is 354 g/mol. The molecule has 28 heavy (non-hydrogen) atoms. The number of aromatic nitrogens is 2. The third-order valence-electron chi connectivity index (χ3n) is 4.36. The quantitative estimate of drug-likeness (QED) is 0.651. The normalized spacial score (nSPS) is 11.5. The smallest absolute Gasteiger partial charge is 0.258 e. The summed E-state index contributed by atoms with van der Waals surface area (Å²) in [6.45, 7) is 5.89. The number of carbonyl (C=O) groups excluding carboxylic acids is 1. The van der Waals surface area contributed by atoms with Gasteiger partial charge < -0.3 is 19.4 Å². The van der Waals surface area contributed by atoms with Gasteiger partial charge in [0, 0.05) is 23.5 Å². The van der Waals surface area contributed by atoms with Crippen molar-refractivity contribution in [1.29, 1.82) is 0 Å². The minimum Gasteiger partial charge on any atom is -0.496 e. The number of methoxy groups -OCH3 is 1. The van der Waals surface area contributed by atoms with Gasteiger partial charge in [-0.15, -0.1) is 0 Å². The molecule has 0 aliphatic carbocycles.